The van der Waals surface area contributed by atoms with Gasteiger partial charge in [-0.1, -0.05) is 34.1 Å². The van der Waals surface area contributed by atoms with Gasteiger partial charge in [-0.15, -0.1) is 0 Å². The molecule has 17 heavy (non-hydrogen) atoms. The molecule has 0 N–H and O–H groups in total. The normalized spacial score (nSPS) is 12.2. The number of hydrogen-bond donors (Lipinski definition) is 0. The van der Waals surface area contributed by atoms with Gasteiger partial charge in [-0.25, -0.2) is 0 Å². The van der Waals surface area contributed by atoms with E-state index in [1.54, 1.807) is 7.11 Å². The van der Waals surface area contributed by atoms with Gasteiger partial charge in [0.15, 0.2) is 0 Å². The van der Waals surface area contributed by atoms with E-state index in [-0.39, 0.29) is 0 Å². The van der Waals surface area contributed by atoms with Crippen LogP contribution in [0.15, 0.2) is 0 Å². The minimum absolute atomic E-state index is 0.793. The van der Waals surface area contributed by atoms with Crippen LogP contribution in [0.4, 0.5) is 0 Å². The molecule has 0 saturated heterocycles. The van der Waals surface area contributed by atoms with Crippen molar-refractivity contribution in [3.05, 3.63) is 0 Å². The minimum atomic E-state index is 0.793. The van der Waals surface area contributed by atoms with E-state index in [0.29, 0.717) is 0 Å². The molecule has 0 fully saturated rings. The van der Waals surface area contributed by atoms with Crippen molar-refractivity contribution in [3.8, 4) is 0 Å². The molecular weight excluding hydrogens is 230 g/mol. The van der Waals surface area contributed by atoms with Gasteiger partial charge in [-0.2, -0.15) is 11.8 Å². The van der Waals surface area contributed by atoms with Gasteiger partial charge in [0, 0.05) is 32.6 Å². The lowest BCUT2D eigenvalue weighted by Gasteiger charge is -2.22. The van der Waals surface area contributed by atoms with Crippen LogP contribution in [-0.2, 0) is 4.74 Å². The third kappa shape index (κ3) is 14.2. The van der Waals surface area contributed by atoms with Crippen molar-refractivity contribution in [1.29, 1.82) is 0 Å². The lowest BCUT2D eigenvalue weighted by Crippen LogP contribution is -2.28. The molecular formula is C14H33NOS. The summed E-state index contributed by atoms with van der Waals surface area (Å²) in [5.41, 5.74) is 0. The fourth-order valence-electron chi connectivity index (χ4n) is 1.61. The summed E-state index contributed by atoms with van der Waals surface area (Å²) in [5, 5.41) is 0. The highest BCUT2D eigenvalue weighted by Gasteiger charge is 2.09. The second kappa shape index (κ2) is 16.3. The fraction of sp³-hybridized carbons (Fsp3) is 1.00. The third-order valence-electron chi connectivity index (χ3n) is 2.70. The molecule has 0 rings (SSSR count). The number of hydrogen-bond acceptors (Lipinski definition) is 3. The predicted molar refractivity (Wildman–Crippen MR) is 82.1 cm³/mol. The van der Waals surface area contributed by atoms with Crippen LogP contribution in [0.2, 0.25) is 0 Å². The van der Waals surface area contributed by atoms with Crippen LogP contribution in [-0.4, -0.2) is 50.3 Å². The molecule has 2 nitrogen and oxygen atoms in total. The maximum Gasteiger partial charge on any atom is 0.0465 e. The lowest BCUT2D eigenvalue weighted by atomic mass is 10.0. The van der Waals surface area contributed by atoms with Crippen LogP contribution >= 0.6 is 11.8 Å². The highest BCUT2D eigenvalue weighted by Crippen LogP contribution is 2.10. The summed E-state index contributed by atoms with van der Waals surface area (Å²) in [4.78, 5) is 2.45. The Morgan fingerprint density at radius 1 is 1.24 bits per heavy atom. The Hall–Kier alpha value is 0.270. The van der Waals surface area contributed by atoms with Gasteiger partial charge in [0.1, 0.15) is 0 Å². The molecule has 0 aliphatic heterocycles. The van der Waals surface area contributed by atoms with Crippen molar-refractivity contribution in [2.45, 2.75) is 40.5 Å². The zero-order chi connectivity index (χ0) is 13.5. The average Bonchev–Trinajstić information content (AvgIpc) is 2.37. The SMILES string of the molecule is CC.CCSCCN(C)C[C@H](CC)CCOC. The first-order valence-electron chi connectivity index (χ1n) is 6.99. The van der Waals surface area contributed by atoms with Crippen LogP contribution in [0, 0.1) is 5.92 Å². The molecule has 106 valence electrons. The van der Waals surface area contributed by atoms with Gasteiger partial charge >= 0.3 is 0 Å². The van der Waals surface area contributed by atoms with Gasteiger partial charge in [0.05, 0.1) is 0 Å². The Labute approximate surface area is 113 Å². The molecule has 3 heteroatoms. The Balaban J connectivity index is 0. The first kappa shape index (κ1) is 19.6. The van der Waals surface area contributed by atoms with E-state index in [1.165, 1.54) is 37.4 Å². The van der Waals surface area contributed by atoms with E-state index < -0.39 is 0 Å². The fourth-order valence-corrected chi connectivity index (χ4v) is 2.34. The van der Waals surface area contributed by atoms with E-state index in [0.717, 1.165) is 12.5 Å². The number of nitrogens with zero attached hydrogens (tertiary/aromatic N) is 1. The number of rotatable bonds is 10. The monoisotopic (exact) mass is 263 g/mol. The van der Waals surface area contributed by atoms with Gasteiger partial charge < -0.3 is 9.64 Å². The molecule has 0 aliphatic carbocycles. The maximum absolute atomic E-state index is 5.13. The van der Waals surface area contributed by atoms with Crippen molar-refractivity contribution >= 4 is 11.8 Å². The van der Waals surface area contributed by atoms with E-state index in [9.17, 15) is 0 Å². The topological polar surface area (TPSA) is 12.5 Å². The number of methoxy groups -OCH3 is 1. The smallest absolute Gasteiger partial charge is 0.0465 e. The summed E-state index contributed by atoms with van der Waals surface area (Å²) in [6.45, 7) is 11.8. The maximum atomic E-state index is 5.13. The van der Waals surface area contributed by atoms with Gasteiger partial charge in [0.25, 0.3) is 0 Å². The number of thioether (sulfide) groups is 1. The molecule has 0 saturated carbocycles. The third-order valence-corrected chi connectivity index (χ3v) is 3.58. The summed E-state index contributed by atoms with van der Waals surface area (Å²) in [6.07, 6.45) is 2.45. The van der Waals surface area contributed by atoms with E-state index >= 15 is 0 Å². The molecule has 0 amide bonds. The van der Waals surface area contributed by atoms with Crippen molar-refractivity contribution in [3.63, 3.8) is 0 Å². The van der Waals surface area contributed by atoms with Crippen molar-refractivity contribution in [2.75, 3.05) is 45.4 Å². The van der Waals surface area contributed by atoms with Crippen molar-refractivity contribution in [1.82, 2.24) is 4.90 Å². The van der Waals surface area contributed by atoms with Crippen LogP contribution in [0.25, 0.3) is 0 Å². The van der Waals surface area contributed by atoms with E-state index in [4.69, 9.17) is 4.74 Å². The summed E-state index contributed by atoms with van der Waals surface area (Å²) in [5.74, 6) is 3.28. The zero-order valence-electron chi connectivity index (χ0n) is 12.8. The van der Waals surface area contributed by atoms with Gasteiger partial charge in [-0.05, 0) is 25.1 Å². The quantitative estimate of drug-likeness (QED) is 0.557. The molecule has 0 aromatic rings. The highest BCUT2D eigenvalue weighted by molar-refractivity contribution is 7.99. The van der Waals surface area contributed by atoms with Crippen LogP contribution in [0.5, 0.6) is 0 Å². The standard InChI is InChI=1S/C12H27NOS.C2H6/c1-5-12(7-9-14-4)11-13(3)8-10-15-6-2;1-2/h12H,5-11H2,1-4H3;1-2H3/t12-;/m1./s1. The Kier molecular flexibility index (Phi) is 18.8. The van der Waals surface area contributed by atoms with Crippen LogP contribution in [0.1, 0.15) is 40.5 Å². The van der Waals surface area contributed by atoms with Crippen LogP contribution in [0.3, 0.4) is 0 Å². The minimum Gasteiger partial charge on any atom is -0.385 e. The zero-order valence-corrected chi connectivity index (χ0v) is 13.6. The lowest BCUT2D eigenvalue weighted by molar-refractivity contribution is 0.163. The molecule has 0 unspecified atom stereocenters. The molecule has 1 atom stereocenters. The molecule has 0 spiro atoms. The molecule has 0 aromatic carbocycles. The Bertz CT molecular complexity index is 133. The first-order valence-corrected chi connectivity index (χ1v) is 8.15. The summed E-state index contributed by atoms with van der Waals surface area (Å²) in [7, 11) is 4.01. The molecule has 0 aromatic heterocycles. The van der Waals surface area contributed by atoms with E-state index in [2.05, 4.69) is 25.8 Å². The van der Waals surface area contributed by atoms with Gasteiger partial charge in [-0.3, -0.25) is 0 Å². The van der Waals surface area contributed by atoms with Crippen molar-refractivity contribution in [2.24, 2.45) is 5.92 Å². The predicted octanol–water partition coefficient (Wildman–Crippen LogP) is 3.76. The Morgan fingerprint density at radius 2 is 1.88 bits per heavy atom. The second-order valence-corrected chi connectivity index (χ2v) is 5.41. The van der Waals surface area contributed by atoms with Crippen molar-refractivity contribution < 1.29 is 4.74 Å². The molecule has 0 bridgehead atoms. The van der Waals surface area contributed by atoms with Crippen LogP contribution < -0.4 is 0 Å². The molecule has 0 radical (unpaired) electrons. The first-order chi connectivity index (χ1) is 8.24. The van der Waals surface area contributed by atoms with E-state index in [1.807, 2.05) is 25.6 Å². The molecule has 0 aliphatic rings. The molecule has 0 heterocycles. The summed E-state index contributed by atoms with van der Waals surface area (Å²) >= 11 is 2.02. The highest BCUT2D eigenvalue weighted by atomic mass is 32.2. The number of ether oxygens (including phenoxy) is 1. The summed E-state index contributed by atoms with van der Waals surface area (Å²) in [6, 6.07) is 0. The summed E-state index contributed by atoms with van der Waals surface area (Å²) < 4.78 is 5.13. The van der Waals surface area contributed by atoms with Gasteiger partial charge in [0.2, 0.25) is 0 Å². The largest absolute Gasteiger partial charge is 0.385 e. The average molecular weight is 263 g/mol. The second-order valence-electron chi connectivity index (χ2n) is 4.01. The Morgan fingerprint density at radius 3 is 2.35 bits per heavy atom.